The lowest BCUT2D eigenvalue weighted by atomic mass is 10.0. The first-order valence-corrected chi connectivity index (χ1v) is 20.2. The first kappa shape index (κ1) is 47.4. The molecular weight excluding hydrogens is 536 g/mol. The predicted octanol–water partition coefficient (Wildman–Crippen LogP) is 15.4. The van der Waals surface area contributed by atoms with E-state index in [4.69, 9.17) is 4.74 Å². The fourth-order valence-corrected chi connectivity index (χ4v) is 5.36. The van der Waals surface area contributed by atoms with Crippen molar-refractivity contribution in [2.45, 2.75) is 241 Å². The monoisotopic (exact) mass is 621 g/mol. The van der Waals surface area contributed by atoms with Gasteiger partial charge in [0.05, 0.1) is 0 Å². The van der Waals surface area contributed by atoms with E-state index in [9.17, 15) is 4.79 Å². The predicted molar refractivity (Wildman–Crippen MR) is 202 cm³/mol. The zero-order chi connectivity index (χ0) is 33.2. The van der Waals surface area contributed by atoms with Crippen LogP contribution in [0.5, 0.6) is 0 Å². The van der Waals surface area contributed by atoms with Gasteiger partial charge in [0.15, 0.2) is 0 Å². The van der Waals surface area contributed by atoms with Gasteiger partial charge in [-0.2, -0.15) is 0 Å². The van der Waals surface area contributed by atoms with Gasteiger partial charge in [-0.3, -0.25) is 4.79 Å². The van der Waals surface area contributed by atoms with Crippen LogP contribution >= 0.6 is 0 Å². The Kier molecular flexibility index (Phi) is 49.9. The van der Waals surface area contributed by atoms with Crippen LogP contribution in [-0.4, -0.2) is 12.1 Å². The molecule has 0 bridgehead atoms. The average Bonchev–Trinajstić information content (AvgIpc) is 3.05. The van der Waals surface area contributed by atoms with Gasteiger partial charge in [0, 0.05) is 6.42 Å². The number of allylic oxidation sites excluding steroid dienone is 4. The largest absolute Gasteiger partial charge is 0.462 e. The summed E-state index contributed by atoms with van der Waals surface area (Å²) in [6.45, 7) is 14.7. The van der Waals surface area contributed by atoms with Crippen molar-refractivity contribution in [1.82, 2.24) is 0 Å². The molecule has 0 aromatic carbocycles. The van der Waals surface area contributed by atoms with Gasteiger partial charge < -0.3 is 4.74 Å². The van der Waals surface area contributed by atoms with E-state index in [-0.39, 0.29) is 12.1 Å². The average molecular weight is 621 g/mol. The number of esters is 1. The zero-order valence-corrected chi connectivity index (χ0v) is 31.7. The number of hydrogen-bond acceptors (Lipinski definition) is 2. The molecule has 0 unspecified atom stereocenters. The standard InChI is InChI=1S/C38H72O2.2C2H6/c1-4-7-10-12-14-16-18-20-22-24-26-28-30-32-34-37(40-38(39)36-9-6-3)35-33-31-29-27-25-23-21-19-17-15-13-11-8-5-2;2*1-2/h16-19,37H,4-15,20-36H2,1-3H3;2*1-2H3/b18-16-,19-17-;;. The maximum absolute atomic E-state index is 12.3. The van der Waals surface area contributed by atoms with Gasteiger partial charge in [0.2, 0.25) is 0 Å². The maximum atomic E-state index is 12.3. The summed E-state index contributed by atoms with van der Waals surface area (Å²) in [6, 6.07) is 0. The van der Waals surface area contributed by atoms with Gasteiger partial charge in [0.1, 0.15) is 6.10 Å². The first-order valence-electron chi connectivity index (χ1n) is 20.2. The Hall–Kier alpha value is -1.05. The van der Waals surface area contributed by atoms with Crippen molar-refractivity contribution in [2.75, 3.05) is 0 Å². The molecule has 0 aromatic rings. The Morgan fingerprint density at radius 1 is 0.432 bits per heavy atom. The molecule has 2 heteroatoms. The number of rotatable bonds is 32. The fourth-order valence-electron chi connectivity index (χ4n) is 5.36. The molecule has 0 fully saturated rings. The molecule has 0 amide bonds. The molecule has 0 aliphatic rings. The van der Waals surface area contributed by atoms with E-state index in [1.54, 1.807) is 0 Å². The van der Waals surface area contributed by atoms with Crippen LogP contribution in [0.4, 0.5) is 0 Å². The highest BCUT2D eigenvalue weighted by Gasteiger charge is 2.14. The minimum Gasteiger partial charge on any atom is -0.462 e. The van der Waals surface area contributed by atoms with Crippen LogP contribution in [0.1, 0.15) is 235 Å². The van der Waals surface area contributed by atoms with Crippen molar-refractivity contribution < 1.29 is 9.53 Å². The number of hydrogen-bond donors (Lipinski definition) is 0. The lowest BCUT2D eigenvalue weighted by Crippen LogP contribution is -2.18. The van der Waals surface area contributed by atoms with E-state index in [1.807, 2.05) is 27.7 Å². The SMILES string of the molecule is CC.CC.CCCCCC/C=C\CCCCCCCCC(CCCCCCCC/C=C\CCCCCC)OC(=O)CCCC. The topological polar surface area (TPSA) is 26.3 Å². The second-order valence-corrected chi connectivity index (χ2v) is 12.3. The Morgan fingerprint density at radius 2 is 0.727 bits per heavy atom. The summed E-state index contributed by atoms with van der Waals surface area (Å²) in [5.74, 6) is 0.0312. The first-order chi connectivity index (χ1) is 21.7. The Balaban J connectivity index is -0.00000402. The molecule has 0 atom stereocenters. The number of unbranched alkanes of at least 4 members (excludes halogenated alkanes) is 21. The minimum atomic E-state index is 0.0312. The van der Waals surface area contributed by atoms with Gasteiger partial charge in [0.25, 0.3) is 0 Å². The Labute approximate surface area is 280 Å². The molecule has 0 N–H and O–H groups in total. The fraction of sp³-hybridized carbons (Fsp3) is 0.881. The van der Waals surface area contributed by atoms with Gasteiger partial charge in [-0.15, -0.1) is 0 Å². The number of carbonyl (C=O) groups is 1. The minimum absolute atomic E-state index is 0.0312. The molecule has 0 radical (unpaired) electrons. The van der Waals surface area contributed by atoms with Crippen LogP contribution in [0.15, 0.2) is 24.3 Å². The van der Waals surface area contributed by atoms with Crippen molar-refractivity contribution in [3.05, 3.63) is 24.3 Å². The second kappa shape index (κ2) is 46.4. The van der Waals surface area contributed by atoms with E-state index < -0.39 is 0 Å². The summed E-state index contributed by atoms with van der Waals surface area (Å²) in [5, 5.41) is 0. The summed E-state index contributed by atoms with van der Waals surface area (Å²) in [5.41, 5.74) is 0. The number of carbonyl (C=O) groups excluding carboxylic acids is 1. The molecular formula is C42H84O2. The van der Waals surface area contributed by atoms with Crippen molar-refractivity contribution >= 4 is 5.97 Å². The molecule has 0 rings (SSSR count). The van der Waals surface area contributed by atoms with E-state index >= 15 is 0 Å². The van der Waals surface area contributed by atoms with E-state index in [1.165, 1.54) is 154 Å². The molecule has 0 heterocycles. The highest BCUT2D eigenvalue weighted by molar-refractivity contribution is 5.69. The molecule has 44 heavy (non-hydrogen) atoms. The zero-order valence-electron chi connectivity index (χ0n) is 31.7. The van der Waals surface area contributed by atoms with Crippen LogP contribution in [0.25, 0.3) is 0 Å². The van der Waals surface area contributed by atoms with Crippen LogP contribution in [0.2, 0.25) is 0 Å². The molecule has 0 aliphatic carbocycles. The highest BCUT2D eigenvalue weighted by atomic mass is 16.5. The van der Waals surface area contributed by atoms with Gasteiger partial charge in [-0.25, -0.2) is 0 Å². The number of ether oxygens (including phenoxy) is 1. The van der Waals surface area contributed by atoms with Crippen molar-refractivity contribution in [2.24, 2.45) is 0 Å². The summed E-state index contributed by atoms with van der Waals surface area (Å²) in [4.78, 5) is 12.3. The van der Waals surface area contributed by atoms with E-state index in [2.05, 4.69) is 45.1 Å². The third kappa shape index (κ3) is 43.1. The lowest BCUT2D eigenvalue weighted by molar-refractivity contribution is -0.150. The molecule has 0 saturated carbocycles. The molecule has 0 aromatic heterocycles. The second-order valence-electron chi connectivity index (χ2n) is 12.3. The van der Waals surface area contributed by atoms with Gasteiger partial charge in [-0.1, -0.05) is 169 Å². The third-order valence-electron chi connectivity index (χ3n) is 8.11. The van der Waals surface area contributed by atoms with Gasteiger partial charge >= 0.3 is 5.97 Å². The third-order valence-corrected chi connectivity index (χ3v) is 8.11. The molecule has 0 saturated heterocycles. The quantitative estimate of drug-likeness (QED) is 0.0425. The molecule has 0 aliphatic heterocycles. The van der Waals surface area contributed by atoms with Crippen molar-refractivity contribution in [3.63, 3.8) is 0 Å². The van der Waals surface area contributed by atoms with E-state index in [0.29, 0.717) is 6.42 Å². The van der Waals surface area contributed by atoms with Crippen molar-refractivity contribution in [1.29, 1.82) is 0 Å². The van der Waals surface area contributed by atoms with Crippen LogP contribution < -0.4 is 0 Å². The Bertz CT molecular complexity index is 512. The smallest absolute Gasteiger partial charge is 0.306 e. The molecule has 0 spiro atoms. The van der Waals surface area contributed by atoms with Crippen molar-refractivity contribution in [3.8, 4) is 0 Å². The molecule has 2 nitrogen and oxygen atoms in total. The summed E-state index contributed by atoms with van der Waals surface area (Å²) in [7, 11) is 0. The normalized spacial score (nSPS) is 11.1. The lowest BCUT2D eigenvalue weighted by Gasteiger charge is -2.18. The maximum Gasteiger partial charge on any atom is 0.306 e. The van der Waals surface area contributed by atoms with Crippen LogP contribution in [0, 0.1) is 0 Å². The van der Waals surface area contributed by atoms with E-state index in [0.717, 1.165) is 25.7 Å². The Morgan fingerprint density at radius 3 is 1.07 bits per heavy atom. The van der Waals surface area contributed by atoms with Crippen LogP contribution in [-0.2, 0) is 9.53 Å². The summed E-state index contributed by atoms with van der Waals surface area (Å²) < 4.78 is 5.93. The summed E-state index contributed by atoms with van der Waals surface area (Å²) in [6.07, 6.45) is 46.1. The van der Waals surface area contributed by atoms with Gasteiger partial charge in [-0.05, 0) is 83.5 Å². The van der Waals surface area contributed by atoms with Crippen LogP contribution in [0.3, 0.4) is 0 Å². The molecule has 264 valence electrons. The summed E-state index contributed by atoms with van der Waals surface area (Å²) >= 11 is 0. The highest BCUT2D eigenvalue weighted by Crippen LogP contribution is 2.18.